The number of hydrogen-bond acceptors (Lipinski definition) is 2. The molecule has 0 fully saturated rings. The van der Waals surface area contributed by atoms with Gasteiger partial charge in [0.2, 0.25) is 0 Å². The summed E-state index contributed by atoms with van der Waals surface area (Å²) in [6.45, 7) is 2.39. The third-order valence-electron chi connectivity index (χ3n) is 3.13. The molecule has 0 aliphatic rings. The number of hydrogen-bond donors (Lipinski definition) is 1. The number of likely N-dealkylation sites (N-methyl/N-ethyl adjacent to an activating group) is 1. The molecule has 1 unspecified atom stereocenters. The highest BCUT2D eigenvalue weighted by Crippen LogP contribution is 2.33. The lowest BCUT2D eigenvalue weighted by Crippen LogP contribution is -2.24. The highest BCUT2D eigenvalue weighted by molar-refractivity contribution is 7.09. The molecule has 1 nitrogen and oxygen atoms in total. The summed E-state index contributed by atoms with van der Waals surface area (Å²) in [6.07, 6.45) is -4.01. The van der Waals surface area contributed by atoms with Gasteiger partial charge in [-0.2, -0.15) is 13.2 Å². The van der Waals surface area contributed by atoms with Crippen LogP contribution in [-0.2, 0) is 12.6 Å². The highest BCUT2D eigenvalue weighted by atomic mass is 32.1. The van der Waals surface area contributed by atoms with Gasteiger partial charge >= 0.3 is 6.18 Å². The first-order chi connectivity index (χ1) is 9.91. The van der Waals surface area contributed by atoms with Crippen LogP contribution in [0.4, 0.5) is 17.6 Å². The van der Waals surface area contributed by atoms with Crippen molar-refractivity contribution in [3.63, 3.8) is 0 Å². The fraction of sp³-hybridized carbons (Fsp3) is 0.333. The monoisotopic (exact) mass is 317 g/mol. The van der Waals surface area contributed by atoms with E-state index in [1.807, 2.05) is 24.4 Å². The van der Waals surface area contributed by atoms with Crippen molar-refractivity contribution in [2.24, 2.45) is 0 Å². The molecule has 1 aromatic heterocycles. The van der Waals surface area contributed by atoms with Crippen LogP contribution in [0.2, 0.25) is 0 Å². The molecule has 0 aliphatic carbocycles. The third-order valence-corrected chi connectivity index (χ3v) is 4.03. The number of thiophene rings is 1. The van der Waals surface area contributed by atoms with Crippen LogP contribution >= 0.6 is 11.3 Å². The van der Waals surface area contributed by atoms with E-state index in [0.717, 1.165) is 23.1 Å². The molecule has 114 valence electrons. The van der Waals surface area contributed by atoms with Gasteiger partial charge in [-0.25, -0.2) is 4.39 Å². The van der Waals surface area contributed by atoms with Crippen molar-refractivity contribution >= 4 is 11.3 Å². The predicted molar refractivity (Wildman–Crippen MR) is 75.8 cm³/mol. The van der Waals surface area contributed by atoms with E-state index in [1.54, 1.807) is 0 Å². The van der Waals surface area contributed by atoms with Crippen LogP contribution in [0.5, 0.6) is 0 Å². The van der Waals surface area contributed by atoms with Crippen LogP contribution in [0.3, 0.4) is 0 Å². The largest absolute Gasteiger partial charge is 0.416 e. The summed E-state index contributed by atoms with van der Waals surface area (Å²) in [5, 5.41) is 4.95. The standard InChI is InChI=1S/C15H15F4NS/c1-2-20-14(9-11-4-3-7-21-11)12-8-10(15(17,18)19)5-6-13(12)16/h3-8,14,20H,2,9H2,1H3. The van der Waals surface area contributed by atoms with Crippen molar-refractivity contribution in [2.75, 3.05) is 6.54 Å². The van der Waals surface area contributed by atoms with Crippen LogP contribution in [0.1, 0.15) is 29.0 Å². The second-order valence-electron chi connectivity index (χ2n) is 4.63. The lowest BCUT2D eigenvalue weighted by atomic mass is 9.99. The van der Waals surface area contributed by atoms with E-state index in [4.69, 9.17) is 0 Å². The molecule has 2 rings (SSSR count). The van der Waals surface area contributed by atoms with Crippen molar-refractivity contribution in [2.45, 2.75) is 25.6 Å². The molecule has 21 heavy (non-hydrogen) atoms. The molecule has 1 atom stereocenters. The van der Waals surface area contributed by atoms with Crippen LogP contribution in [0, 0.1) is 5.82 Å². The second-order valence-corrected chi connectivity index (χ2v) is 5.66. The number of alkyl halides is 3. The Hall–Kier alpha value is -1.40. The number of rotatable bonds is 5. The van der Waals surface area contributed by atoms with Crippen molar-refractivity contribution in [1.82, 2.24) is 5.32 Å². The molecule has 2 aromatic rings. The minimum absolute atomic E-state index is 0.0556. The smallest absolute Gasteiger partial charge is 0.310 e. The summed E-state index contributed by atoms with van der Waals surface area (Å²) in [4.78, 5) is 0.998. The van der Waals surface area contributed by atoms with Crippen molar-refractivity contribution in [3.8, 4) is 0 Å². The molecule has 1 N–H and O–H groups in total. The van der Waals surface area contributed by atoms with Crippen LogP contribution in [0.25, 0.3) is 0 Å². The Balaban J connectivity index is 2.34. The van der Waals surface area contributed by atoms with Crippen molar-refractivity contribution in [3.05, 3.63) is 57.5 Å². The zero-order valence-electron chi connectivity index (χ0n) is 11.4. The molecule has 1 heterocycles. The Labute approximate surface area is 124 Å². The van der Waals surface area contributed by atoms with Crippen molar-refractivity contribution < 1.29 is 17.6 Å². The first-order valence-corrected chi connectivity index (χ1v) is 7.42. The van der Waals surface area contributed by atoms with Gasteiger partial charge in [0.05, 0.1) is 5.56 Å². The van der Waals surface area contributed by atoms with Gasteiger partial charge in [-0.15, -0.1) is 11.3 Å². The average Bonchev–Trinajstić information content (AvgIpc) is 2.90. The Morgan fingerprint density at radius 2 is 2.00 bits per heavy atom. The van der Waals surface area contributed by atoms with Gasteiger partial charge in [0.25, 0.3) is 0 Å². The zero-order valence-corrected chi connectivity index (χ0v) is 12.2. The fourth-order valence-electron chi connectivity index (χ4n) is 2.16. The molecular formula is C15H15F4NS. The van der Waals surface area contributed by atoms with Gasteiger partial charge in [0.1, 0.15) is 5.82 Å². The molecule has 6 heteroatoms. The van der Waals surface area contributed by atoms with E-state index in [-0.39, 0.29) is 5.56 Å². The summed E-state index contributed by atoms with van der Waals surface area (Å²) in [7, 11) is 0. The lowest BCUT2D eigenvalue weighted by Gasteiger charge is -2.20. The topological polar surface area (TPSA) is 12.0 Å². The van der Waals surface area contributed by atoms with Gasteiger partial charge in [-0.1, -0.05) is 13.0 Å². The summed E-state index contributed by atoms with van der Waals surface area (Å²) in [6, 6.07) is 5.84. The number of benzene rings is 1. The van der Waals surface area contributed by atoms with Crippen LogP contribution in [0.15, 0.2) is 35.7 Å². The van der Waals surface area contributed by atoms with Crippen LogP contribution in [-0.4, -0.2) is 6.54 Å². The van der Waals surface area contributed by atoms with Crippen molar-refractivity contribution in [1.29, 1.82) is 0 Å². The SMILES string of the molecule is CCNC(Cc1cccs1)c1cc(C(F)(F)F)ccc1F. The maximum absolute atomic E-state index is 14.0. The van der Waals surface area contributed by atoms with E-state index in [9.17, 15) is 17.6 Å². The minimum Gasteiger partial charge on any atom is -0.310 e. The van der Waals surface area contributed by atoms with E-state index >= 15 is 0 Å². The summed E-state index contributed by atoms with van der Waals surface area (Å²) in [5.74, 6) is -0.620. The second kappa shape index (κ2) is 6.58. The Morgan fingerprint density at radius 1 is 1.24 bits per heavy atom. The Bertz CT molecular complexity index is 578. The Morgan fingerprint density at radius 3 is 2.57 bits per heavy atom. The molecule has 0 radical (unpaired) electrons. The lowest BCUT2D eigenvalue weighted by molar-refractivity contribution is -0.137. The van der Waals surface area contributed by atoms with E-state index in [0.29, 0.717) is 13.0 Å². The quantitative estimate of drug-likeness (QED) is 0.781. The molecule has 0 spiro atoms. The number of nitrogens with one attached hydrogen (secondary N) is 1. The van der Waals surface area contributed by atoms with Gasteiger partial charge in [0, 0.05) is 22.9 Å². The molecular weight excluding hydrogens is 302 g/mol. The average molecular weight is 317 g/mol. The maximum Gasteiger partial charge on any atom is 0.416 e. The summed E-state index contributed by atoms with van der Waals surface area (Å²) >= 11 is 1.50. The predicted octanol–water partition coefficient (Wildman–Crippen LogP) is 4.80. The molecule has 0 saturated heterocycles. The third kappa shape index (κ3) is 4.04. The van der Waals surface area contributed by atoms with Crippen LogP contribution < -0.4 is 5.32 Å². The normalized spacial score (nSPS) is 13.4. The molecule has 0 saturated carbocycles. The molecule has 0 bridgehead atoms. The summed E-state index contributed by atoms with van der Waals surface area (Å²) < 4.78 is 52.3. The molecule has 0 amide bonds. The zero-order chi connectivity index (χ0) is 15.5. The first-order valence-electron chi connectivity index (χ1n) is 6.54. The van der Waals surface area contributed by atoms with Gasteiger partial charge in [-0.05, 0) is 36.2 Å². The van der Waals surface area contributed by atoms with Gasteiger partial charge in [-0.3, -0.25) is 0 Å². The van der Waals surface area contributed by atoms with E-state index < -0.39 is 23.6 Å². The highest BCUT2D eigenvalue weighted by Gasteiger charge is 2.32. The maximum atomic E-state index is 14.0. The summed E-state index contributed by atoms with van der Waals surface area (Å²) in [5.41, 5.74) is -0.770. The number of halogens is 4. The van der Waals surface area contributed by atoms with E-state index in [1.165, 1.54) is 11.3 Å². The minimum atomic E-state index is -4.47. The molecule has 1 aromatic carbocycles. The fourth-order valence-corrected chi connectivity index (χ4v) is 2.91. The molecule has 0 aliphatic heterocycles. The van der Waals surface area contributed by atoms with E-state index in [2.05, 4.69) is 5.32 Å². The van der Waals surface area contributed by atoms with Gasteiger partial charge in [0.15, 0.2) is 0 Å². The Kier molecular flexibility index (Phi) is 5.00. The first kappa shape index (κ1) is 16.0. The van der Waals surface area contributed by atoms with Gasteiger partial charge < -0.3 is 5.32 Å².